The quantitative estimate of drug-likeness (QED) is 0.701. The molecular formula is C22H19NO2. The molecule has 0 amide bonds. The summed E-state index contributed by atoms with van der Waals surface area (Å²) in [5.41, 5.74) is 3.81. The Morgan fingerprint density at radius 1 is 0.720 bits per heavy atom. The lowest BCUT2D eigenvalue weighted by atomic mass is 9.92. The van der Waals surface area contributed by atoms with Crippen molar-refractivity contribution in [3.63, 3.8) is 0 Å². The predicted molar refractivity (Wildman–Crippen MR) is 100 cm³/mol. The maximum Gasteiger partial charge on any atom is 0.195 e. The highest BCUT2D eigenvalue weighted by Crippen LogP contribution is 2.25. The minimum atomic E-state index is -0.105. The Labute approximate surface area is 147 Å². The number of hydrogen-bond donors (Lipinski definition) is 1. The van der Waals surface area contributed by atoms with Crippen molar-refractivity contribution < 1.29 is 9.59 Å². The first-order chi connectivity index (χ1) is 12.1. The van der Waals surface area contributed by atoms with E-state index in [0.29, 0.717) is 22.3 Å². The van der Waals surface area contributed by atoms with Gasteiger partial charge in [0.15, 0.2) is 11.6 Å². The lowest BCUT2D eigenvalue weighted by Crippen LogP contribution is -2.11. The number of carbonyl (C=O) groups is 2. The fourth-order valence-corrected chi connectivity index (χ4v) is 2.84. The van der Waals surface area contributed by atoms with Crippen LogP contribution in [0.3, 0.4) is 0 Å². The van der Waals surface area contributed by atoms with E-state index < -0.39 is 0 Å². The summed E-state index contributed by atoms with van der Waals surface area (Å²) < 4.78 is 0. The standard InChI is InChI=1S/C22H19NO2/c1-15-13-20(23-2)19(22(25)17-11-7-4-8-12-17)14-18(15)21(24)16-9-5-3-6-10-16/h3-14,23H,1-2H3. The van der Waals surface area contributed by atoms with Crippen molar-refractivity contribution in [1.29, 1.82) is 0 Å². The van der Waals surface area contributed by atoms with E-state index in [0.717, 1.165) is 11.3 Å². The van der Waals surface area contributed by atoms with Crippen LogP contribution in [0.25, 0.3) is 0 Å². The first-order valence-corrected chi connectivity index (χ1v) is 8.13. The van der Waals surface area contributed by atoms with E-state index in [9.17, 15) is 9.59 Å². The largest absolute Gasteiger partial charge is 0.388 e. The molecule has 3 aromatic rings. The monoisotopic (exact) mass is 329 g/mol. The Hall–Kier alpha value is -3.20. The summed E-state index contributed by atoms with van der Waals surface area (Å²) in [6.45, 7) is 1.88. The van der Waals surface area contributed by atoms with Gasteiger partial charge in [-0.25, -0.2) is 0 Å². The fourth-order valence-electron chi connectivity index (χ4n) is 2.84. The molecule has 3 rings (SSSR count). The molecule has 124 valence electrons. The Kier molecular flexibility index (Phi) is 4.75. The van der Waals surface area contributed by atoms with Crippen molar-refractivity contribution in [2.75, 3.05) is 12.4 Å². The lowest BCUT2D eigenvalue weighted by molar-refractivity contribution is 0.103. The van der Waals surface area contributed by atoms with Crippen molar-refractivity contribution in [3.05, 3.63) is 101 Å². The second-order valence-electron chi connectivity index (χ2n) is 5.85. The molecular weight excluding hydrogens is 310 g/mol. The molecule has 3 nitrogen and oxygen atoms in total. The maximum atomic E-state index is 12.9. The molecule has 0 atom stereocenters. The van der Waals surface area contributed by atoms with Gasteiger partial charge in [-0.1, -0.05) is 60.7 Å². The van der Waals surface area contributed by atoms with Gasteiger partial charge in [-0.05, 0) is 24.6 Å². The zero-order valence-corrected chi connectivity index (χ0v) is 14.2. The van der Waals surface area contributed by atoms with Crippen LogP contribution in [0.15, 0.2) is 72.8 Å². The molecule has 0 aliphatic rings. The Morgan fingerprint density at radius 3 is 1.68 bits per heavy atom. The number of ketones is 2. The maximum absolute atomic E-state index is 12.9. The Bertz CT molecular complexity index is 916. The summed E-state index contributed by atoms with van der Waals surface area (Å²) in [4.78, 5) is 25.7. The van der Waals surface area contributed by atoms with Crippen molar-refractivity contribution >= 4 is 17.3 Å². The van der Waals surface area contributed by atoms with E-state index in [1.54, 1.807) is 37.4 Å². The average molecular weight is 329 g/mol. The predicted octanol–water partition coefficient (Wildman–Crippen LogP) is 4.50. The van der Waals surface area contributed by atoms with Crippen molar-refractivity contribution in [2.24, 2.45) is 0 Å². The number of anilines is 1. The minimum absolute atomic E-state index is 0.0807. The zero-order valence-electron chi connectivity index (χ0n) is 14.2. The van der Waals surface area contributed by atoms with Gasteiger partial charge in [0.25, 0.3) is 0 Å². The van der Waals surface area contributed by atoms with Crippen molar-refractivity contribution in [3.8, 4) is 0 Å². The van der Waals surface area contributed by atoms with Gasteiger partial charge in [0, 0.05) is 35.0 Å². The van der Waals surface area contributed by atoms with Crippen LogP contribution >= 0.6 is 0 Å². The van der Waals surface area contributed by atoms with E-state index in [1.165, 1.54) is 0 Å². The highest BCUT2D eigenvalue weighted by atomic mass is 16.1. The molecule has 3 aromatic carbocycles. The first kappa shape index (κ1) is 16.7. The molecule has 0 heterocycles. The average Bonchev–Trinajstić information content (AvgIpc) is 2.68. The molecule has 0 saturated heterocycles. The van der Waals surface area contributed by atoms with E-state index in [-0.39, 0.29) is 11.6 Å². The molecule has 0 saturated carbocycles. The minimum Gasteiger partial charge on any atom is -0.388 e. The second-order valence-corrected chi connectivity index (χ2v) is 5.85. The van der Waals surface area contributed by atoms with Crippen LogP contribution in [0, 0.1) is 6.92 Å². The smallest absolute Gasteiger partial charge is 0.195 e. The third kappa shape index (κ3) is 3.36. The van der Waals surface area contributed by atoms with Gasteiger partial charge in [-0.3, -0.25) is 9.59 Å². The third-order valence-electron chi connectivity index (χ3n) is 4.20. The third-order valence-corrected chi connectivity index (χ3v) is 4.20. The van der Waals surface area contributed by atoms with Crippen molar-refractivity contribution in [1.82, 2.24) is 0 Å². The summed E-state index contributed by atoms with van der Waals surface area (Å²) in [5, 5.41) is 3.06. The molecule has 3 heteroatoms. The van der Waals surface area contributed by atoms with Crippen LogP contribution in [0.4, 0.5) is 5.69 Å². The van der Waals surface area contributed by atoms with E-state index in [2.05, 4.69) is 5.32 Å². The second kappa shape index (κ2) is 7.14. The van der Waals surface area contributed by atoms with Gasteiger partial charge in [0.05, 0.1) is 0 Å². The normalized spacial score (nSPS) is 10.3. The number of benzene rings is 3. The number of hydrogen-bond acceptors (Lipinski definition) is 3. The molecule has 1 N–H and O–H groups in total. The zero-order chi connectivity index (χ0) is 17.8. The van der Waals surface area contributed by atoms with Crippen LogP contribution in [0.1, 0.15) is 37.4 Å². The van der Waals surface area contributed by atoms with Gasteiger partial charge in [0.2, 0.25) is 0 Å². The molecule has 25 heavy (non-hydrogen) atoms. The molecule has 0 aliphatic carbocycles. The van der Waals surface area contributed by atoms with Crippen molar-refractivity contribution in [2.45, 2.75) is 6.92 Å². The number of nitrogens with one attached hydrogen (secondary N) is 1. The molecule has 0 spiro atoms. The Morgan fingerprint density at radius 2 is 1.20 bits per heavy atom. The van der Waals surface area contributed by atoms with Crippen LogP contribution in [0.5, 0.6) is 0 Å². The number of aryl methyl sites for hydroxylation is 1. The van der Waals surface area contributed by atoms with Crippen LogP contribution < -0.4 is 5.32 Å². The molecule has 0 aliphatic heterocycles. The molecule has 0 aromatic heterocycles. The molecule has 0 radical (unpaired) electrons. The van der Waals surface area contributed by atoms with E-state index >= 15 is 0 Å². The molecule has 0 fully saturated rings. The van der Waals surface area contributed by atoms with E-state index in [1.807, 2.05) is 49.4 Å². The molecule has 0 unspecified atom stereocenters. The van der Waals surface area contributed by atoms with Gasteiger partial charge >= 0.3 is 0 Å². The highest BCUT2D eigenvalue weighted by Gasteiger charge is 2.19. The van der Waals surface area contributed by atoms with Gasteiger partial charge in [-0.2, -0.15) is 0 Å². The Balaban J connectivity index is 2.10. The lowest BCUT2D eigenvalue weighted by Gasteiger charge is -2.13. The highest BCUT2D eigenvalue weighted by molar-refractivity contribution is 6.16. The van der Waals surface area contributed by atoms with Gasteiger partial charge in [-0.15, -0.1) is 0 Å². The van der Waals surface area contributed by atoms with Crippen LogP contribution in [-0.4, -0.2) is 18.6 Å². The topological polar surface area (TPSA) is 46.2 Å². The molecule has 0 bridgehead atoms. The summed E-state index contributed by atoms with van der Waals surface area (Å²) in [7, 11) is 1.77. The summed E-state index contributed by atoms with van der Waals surface area (Å²) in [5.74, 6) is -0.185. The van der Waals surface area contributed by atoms with E-state index in [4.69, 9.17) is 0 Å². The first-order valence-electron chi connectivity index (χ1n) is 8.13. The summed E-state index contributed by atoms with van der Waals surface area (Å²) in [6.07, 6.45) is 0. The number of rotatable bonds is 5. The SMILES string of the molecule is CNc1cc(C)c(C(=O)c2ccccc2)cc1C(=O)c1ccccc1. The van der Waals surface area contributed by atoms with Crippen LogP contribution in [-0.2, 0) is 0 Å². The van der Waals surface area contributed by atoms with Gasteiger partial charge in [0.1, 0.15) is 0 Å². The van der Waals surface area contributed by atoms with Crippen LogP contribution in [0.2, 0.25) is 0 Å². The summed E-state index contributed by atoms with van der Waals surface area (Å²) in [6, 6.07) is 21.7. The van der Waals surface area contributed by atoms with Gasteiger partial charge < -0.3 is 5.32 Å². The summed E-state index contributed by atoms with van der Waals surface area (Å²) >= 11 is 0. The number of carbonyl (C=O) groups excluding carboxylic acids is 2. The fraction of sp³-hybridized carbons (Fsp3) is 0.0909.